The minimum absolute atomic E-state index is 0.0287. The van der Waals surface area contributed by atoms with E-state index in [1.807, 2.05) is 6.92 Å². The van der Waals surface area contributed by atoms with E-state index in [1.54, 1.807) is 6.08 Å². The van der Waals surface area contributed by atoms with E-state index in [-0.39, 0.29) is 16.6 Å². The number of carboxylic acids is 1. The molecule has 0 aliphatic heterocycles. The molecule has 15 heavy (non-hydrogen) atoms. The molecule has 1 atom stereocenters. The molecular formula is C10H11ClN2O2. The van der Waals surface area contributed by atoms with Crippen LogP contribution in [-0.4, -0.2) is 22.1 Å². The van der Waals surface area contributed by atoms with Gasteiger partial charge in [-0.25, -0.2) is 9.78 Å². The van der Waals surface area contributed by atoms with Crippen molar-refractivity contribution in [2.75, 3.05) is 5.32 Å². The first-order chi connectivity index (χ1) is 7.06. The van der Waals surface area contributed by atoms with Crippen LogP contribution in [0.2, 0.25) is 5.02 Å². The summed E-state index contributed by atoms with van der Waals surface area (Å²) in [5.41, 5.74) is 0.0328. The molecule has 0 bridgehead atoms. The number of aromatic carboxylic acids is 1. The van der Waals surface area contributed by atoms with E-state index in [0.717, 1.165) is 0 Å². The Balaban J connectivity index is 3.04. The van der Waals surface area contributed by atoms with Crippen LogP contribution in [0.3, 0.4) is 0 Å². The average Bonchev–Trinajstić information content (AvgIpc) is 2.20. The Kier molecular flexibility index (Phi) is 3.68. The summed E-state index contributed by atoms with van der Waals surface area (Å²) in [6.45, 7) is 5.45. The highest BCUT2D eigenvalue weighted by atomic mass is 35.5. The summed E-state index contributed by atoms with van der Waals surface area (Å²) >= 11 is 5.86. The zero-order chi connectivity index (χ0) is 11.4. The molecule has 4 nitrogen and oxygen atoms in total. The molecule has 0 radical (unpaired) electrons. The molecule has 0 amide bonds. The zero-order valence-corrected chi connectivity index (χ0v) is 8.95. The van der Waals surface area contributed by atoms with Crippen molar-refractivity contribution in [2.45, 2.75) is 13.0 Å². The van der Waals surface area contributed by atoms with Crippen LogP contribution in [0.25, 0.3) is 0 Å². The van der Waals surface area contributed by atoms with E-state index in [0.29, 0.717) is 5.82 Å². The minimum atomic E-state index is -1.07. The first-order valence-corrected chi connectivity index (χ1v) is 4.71. The Morgan fingerprint density at radius 1 is 1.80 bits per heavy atom. The molecule has 0 aromatic carbocycles. The highest BCUT2D eigenvalue weighted by molar-refractivity contribution is 6.35. The fourth-order valence-corrected chi connectivity index (χ4v) is 1.23. The van der Waals surface area contributed by atoms with Gasteiger partial charge in [0.1, 0.15) is 5.82 Å². The topological polar surface area (TPSA) is 62.2 Å². The second kappa shape index (κ2) is 4.79. The Morgan fingerprint density at radius 3 is 3.00 bits per heavy atom. The van der Waals surface area contributed by atoms with Crippen LogP contribution >= 0.6 is 11.6 Å². The van der Waals surface area contributed by atoms with Gasteiger partial charge in [0, 0.05) is 12.2 Å². The quantitative estimate of drug-likeness (QED) is 0.774. The summed E-state index contributed by atoms with van der Waals surface area (Å²) in [5, 5.41) is 11.9. The fraction of sp³-hybridized carbons (Fsp3) is 0.200. The molecule has 5 heteroatoms. The lowest BCUT2D eigenvalue weighted by Crippen LogP contribution is -2.14. The van der Waals surface area contributed by atoms with Crippen LogP contribution in [0.1, 0.15) is 17.3 Å². The van der Waals surface area contributed by atoms with E-state index in [4.69, 9.17) is 16.7 Å². The van der Waals surface area contributed by atoms with Crippen molar-refractivity contribution in [1.82, 2.24) is 4.98 Å². The van der Waals surface area contributed by atoms with E-state index in [2.05, 4.69) is 16.9 Å². The van der Waals surface area contributed by atoms with Gasteiger partial charge in [-0.05, 0) is 13.0 Å². The van der Waals surface area contributed by atoms with Crippen molar-refractivity contribution in [3.63, 3.8) is 0 Å². The van der Waals surface area contributed by atoms with Gasteiger partial charge in [0.15, 0.2) is 0 Å². The molecule has 1 aromatic heterocycles. The zero-order valence-electron chi connectivity index (χ0n) is 8.20. The lowest BCUT2D eigenvalue weighted by molar-refractivity contribution is 0.0697. The van der Waals surface area contributed by atoms with Gasteiger partial charge in [-0.1, -0.05) is 17.7 Å². The summed E-state index contributed by atoms with van der Waals surface area (Å²) in [5.74, 6) is -0.722. The molecular weight excluding hydrogens is 216 g/mol. The number of pyridine rings is 1. The molecule has 0 saturated heterocycles. The predicted molar refractivity (Wildman–Crippen MR) is 59.5 cm³/mol. The maximum Gasteiger partial charge on any atom is 0.337 e. The molecule has 0 spiro atoms. The number of carbonyl (C=O) groups is 1. The van der Waals surface area contributed by atoms with Gasteiger partial charge < -0.3 is 10.4 Å². The highest BCUT2D eigenvalue weighted by Gasteiger charge is 2.13. The number of rotatable bonds is 4. The molecule has 1 heterocycles. The van der Waals surface area contributed by atoms with E-state index >= 15 is 0 Å². The molecule has 1 unspecified atom stereocenters. The number of nitrogens with zero attached hydrogens (tertiary/aromatic N) is 1. The Bertz CT molecular complexity index is 393. The highest BCUT2D eigenvalue weighted by Crippen LogP contribution is 2.23. The summed E-state index contributed by atoms with van der Waals surface area (Å²) in [6, 6.07) is 1.33. The van der Waals surface area contributed by atoms with Gasteiger partial charge in [-0.3, -0.25) is 0 Å². The Hall–Kier alpha value is -1.55. The van der Waals surface area contributed by atoms with Gasteiger partial charge in [-0.2, -0.15) is 0 Å². The van der Waals surface area contributed by atoms with Crippen molar-refractivity contribution < 1.29 is 9.90 Å². The minimum Gasteiger partial charge on any atom is -0.478 e. The van der Waals surface area contributed by atoms with Crippen molar-refractivity contribution in [3.8, 4) is 0 Å². The number of halogens is 1. The summed E-state index contributed by atoms with van der Waals surface area (Å²) < 4.78 is 0. The van der Waals surface area contributed by atoms with Crippen LogP contribution in [0, 0.1) is 0 Å². The number of hydrogen-bond acceptors (Lipinski definition) is 3. The molecule has 0 aliphatic rings. The monoisotopic (exact) mass is 226 g/mol. The summed E-state index contributed by atoms with van der Waals surface area (Å²) in [6.07, 6.45) is 3.07. The van der Waals surface area contributed by atoms with Gasteiger partial charge in [0.2, 0.25) is 0 Å². The Labute approximate surface area is 92.6 Å². The molecule has 0 fully saturated rings. The van der Waals surface area contributed by atoms with Crippen LogP contribution in [-0.2, 0) is 0 Å². The van der Waals surface area contributed by atoms with E-state index in [1.165, 1.54) is 12.3 Å². The summed E-state index contributed by atoms with van der Waals surface area (Å²) in [4.78, 5) is 14.7. The number of anilines is 1. The molecule has 80 valence electrons. The fourth-order valence-electron chi connectivity index (χ4n) is 0.984. The average molecular weight is 227 g/mol. The smallest absolute Gasteiger partial charge is 0.337 e. The SMILES string of the molecule is C=CC(C)Nc1nccc(C(=O)O)c1Cl. The first-order valence-electron chi connectivity index (χ1n) is 4.33. The largest absolute Gasteiger partial charge is 0.478 e. The van der Waals surface area contributed by atoms with Crippen molar-refractivity contribution in [1.29, 1.82) is 0 Å². The third kappa shape index (κ3) is 2.70. The second-order valence-electron chi connectivity index (χ2n) is 2.99. The van der Waals surface area contributed by atoms with Gasteiger partial charge in [0.05, 0.1) is 10.6 Å². The molecule has 0 saturated carbocycles. The van der Waals surface area contributed by atoms with Gasteiger partial charge in [-0.15, -0.1) is 6.58 Å². The third-order valence-corrected chi connectivity index (χ3v) is 2.22. The number of hydrogen-bond donors (Lipinski definition) is 2. The van der Waals surface area contributed by atoms with Crippen LogP contribution in [0.5, 0.6) is 0 Å². The Morgan fingerprint density at radius 2 is 2.47 bits per heavy atom. The molecule has 1 aromatic rings. The van der Waals surface area contributed by atoms with Crippen LogP contribution in [0.15, 0.2) is 24.9 Å². The van der Waals surface area contributed by atoms with E-state index < -0.39 is 5.97 Å². The third-order valence-electron chi connectivity index (χ3n) is 1.84. The number of nitrogens with one attached hydrogen (secondary N) is 1. The molecule has 2 N–H and O–H groups in total. The normalized spacial score (nSPS) is 11.9. The first kappa shape index (κ1) is 11.5. The van der Waals surface area contributed by atoms with Crippen molar-refractivity contribution in [2.24, 2.45) is 0 Å². The van der Waals surface area contributed by atoms with Crippen LogP contribution in [0.4, 0.5) is 5.82 Å². The second-order valence-corrected chi connectivity index (χ2v) is 3.37. The standard InChI is InChI=1S/C10H11ClN2O2/c1-3-6(2)13-9-8(11)7(10(14)15)4-5-12-9/h3-6H,1H2,2H3,(H,12,13)(H,14,15). The van der Waals surface area contributed by atoms with Crippen LogP contribution < -0.4 is 5.32 Å². The van der Waals surface area contributed by atoms with Crippen molar-refractivity contribution >= 4 is 23.4 Å². The van der Waals surface area contributed by atoms with E-state index in [9.17, 15) is 4.79 Å². The lowest BCUT2D eigenvalue weighted by Gasteiger charge is -2.11. The maximum atomic E-state index is 10.8. The number of carboxylic acid groups (broad SMARTS) is 1. The van der Waals surface area contributed by atoms with Gasteiger partial charge >= 0.3 is 5.97 Å². The lowest BCUT2D eigenvalue weighted by atomic mass is 10.2. The molecule has 1 rings (SSSR count). The number of aromatic nitrogens is 1. The summed E-state index contributed by atoms with van der Waals surface area (Å²) in [7, 11) is 0. The van der Waals surface area contributed by atoms with Crippen molar-refractivity contribution in [3.05, 3.63) is 35.5 Å². The van der Waals surface area contributed by atoms with Gasteiger partial charge in [0.25, 0.3) is 0 Å². The maximum absolute atomic E-state index is 10.8. The predicted octanol–water partition coefficient (Wildman–Crippen LogP) is 2.42. The molecule has 0 aliphatic carbocycles.